The first-order chi connectivity index (χ1) is 10.9. The molecule has 25 heavy (non-hydrogen) atoms. The molecule has 2 aliphatic heterocycles. The molecule has 0 saturated carbocycles. The molecule has 0 spiro atoms. The Morgan fingerprint density at radius 1 is 1.28 bits per heavy atom. The second-order valence-corrected chi connectivity index (χ2v) is 6.49. The largest absolute Gasteiger partial charge is 0.432 e. The van der Waals surface area contributed by atoms with Gasteiger partial charge in [-0.1, -0.05) is 6.92 Å². The van der Waals surface area contributed by atoms with Crippen molar-refractivity contribution in [2.45, 2.75) is 31.9 Å². The van der Waals surface area contributed by atoms with Gasteiger partial charge in [0.05, 0.1) is 6.20 Å². The third-order valence-corrected chi connectivity index (χ3v) is 5.00. The number of H-pyrrole nitrogens is 1. The lowest BCUT2D eigenvalue weighted by atomic mass is 9.87. The van der Waals surface area contributed by atoms with Crippen molar-refractivity contribution in [3.63, 3.8) is 0 Å². The molecule has 0 aliphatic carbocycles. The van der Waals surface area contributed by atoms with E-state index < -0.39 is 11.9 Å². The zero-order valence-electron chi connectivity index (χ0n) is 13.8. The van der Waals surface area contributed by atoms with E-state index in [1.165, 1.54) is 0 Å². The number of carbonyl (C=O) groups is 1. The summed E-state index contributed by atoms with van der Waals surface area (Å²) in [6, 6.07) is 0. The standard InChI is InChI=1S/C15H21F3N4O.2ClH/c1-9(11-6-19-7-11)14(23)22-4-2-10(3-5-22)13-20-8-12(21-13)15(16,17)18;;/h8-11,19H,2-7H2,1H3,(H,20,21);2*1H. The molecule has 0 bridgehead atoms. The van der Waals surface area contributed by atoms with Crippen LogP contribution in [0.5, 0.6) is 0 Å². The predicted molar refractivity (Wildman–Crippen MR) is 92.2 cm³/mol. The average molecular weight is 403 g/mol. The lowest BCUT2D eigenvalue weighted by Crippen LogP contribution is -2.51. The molecule has 3 rings (SSSR count). The van der Waals surface area contributed by atoms with E-state index in [1.54, 1.807) is 0 Å². The van der Waals surface area contributed by atoms with Gasteiger partial charge in [0.2, 0.25) is 5.91 Å². The van der Waals surface area contributed by atoms with E-state index in [1.807, 2.05) is 11.8 Å². The van der Waals surface area contributed by atoms with Crippen molar-refractivity contribution in [3.05, 3.63) is 17.7 Å². The Bertz CT molecular complexity index is 569. The Kier molecular flexibility index (Phi) is 7.58. The number of hydrogen-bond donors (Lipinski definition) is 2. The third-order valence-electron chi connectivity index (χ3n) is 5.00. The van der Waals surface area contributed by atoms with Crippen LogP contribution in [0.1, 0.15) is 37.2 Å². The molecule has 1 atom stereocenters. The lowest BCUT2D eigenvalue weighted by molar-refractivity contribution is -0.141. The fraction of sp³-hybridized carbons (Fsp3) is 0.733. The Balaban J connectivity index is 0.00000156. The molecule has 1 aromatic heterocycles. The average Bonchev–Trinajstić information content (AvgIpc) is 2.94. The summed E-state index contributed by atoms with van der Waals surface area (Å²) in [6.07, 6.45) is -2.26. The SMILES string of the molecule is CC(C(=O)N1CCC(c2ncc(C(F)(F)F)[nH]2)CC1)C1CNC1.Cl.Cl. The van der Waals surface area contributed by atoms with Crippen LogP contribution in [0.4, 0.5) is 13.2 Å². The molecule has 2 saturated heterocycles. The van der Waals surface area contributed by atoms with Crippen molar-refractivity contribution in [3.8, 4) is 0 Å². The molecule has 10 heteroatoms. The highest BCUT2D eigenvalue weighted by Crippen LogP contribution is 2.32. The molecule has 2 N–H and O–H groups in total. The highest BCUT2D eigenvalue weighted by molar-refractivity contribution is 5.85. The molecule has 1 amide bonds. The van der Waals surface area contributed by atoms with Gasteiger partial charge in [0.25, 0.3) is 0 Å². The number of likely N-dealkylation sites (tertiary alicyclic amines) is 1. The number of nitrogens with zero attached hydrogens (tertiary/aromatic N) is 2. The summed E-state index contributed by atoms with van der Waals surface area (Å²) in [5.74, 6) is 0.898. The monoisotopic (exact) mass is 402 g/mol. The normalized spacial score (nSPS) is 20.2. The van der Waals surface area contributed by atoms with Crippen molar-refractivity contribution in [2.75, 3.05) is 26.2 Å². The van der Waals surface area contributed by atoms with Gasteiger partial charge < -0.3 is 15.2 Å². The molecule has 144 valence electrons. The fourth-order valence-electron chi connectivity index (χ4n) is 3.22. The van der Waals surface area contributed by atoms with Crippen molar-refractivity contribution in [2.24, 2.45) is 11.8 Å². The number of aromatic nitrogens is 2. The number of carbonyl (C=O) groups excluding carboxylic acids is 1. The quantitative estimate of drug-likeness (QED) is 0.816. The predicted octanol–water partition coefficient (Wildman–Crippen LogP) is 2.83. The van der Waals surface area contributed by atoms with E-state index in [2.05, 4.69) is 15.3 Å². The van der Waals surface area contributed by atoms with E-state index in [0.29, 0.717) is 37.7 Å². The molecule has 1 aromatic rings. The van der Waals surface area contributed by atoms with E-state index in [9.17, 15) is 18.0 Å². The number of amides is 1. The number of halogens is 5. The topological polar surface area (TPSA) is 61.0 Å². The van der Waals surface area contributed by atoms with Gasteiger partial charge in [-0.2, -0.15) is 13.2 Å². The zero-order valence-corrected chi connectivity index (χ0v) is 15.4. The molecular weight excluding hydrogens is 380 g/mol. The van der Waals surface area contributed by atoms with Gasteiger partial charge in [0.15, 0.2) is 0 Å². The maximum Gasteiger partial charge on any atom is 0.432 e. The van der Waals surface area contributed by atoms with Crippen LogP contribution in [-0.2, 0) is 11.0 Å². The Morgan fingerprint density at radius 2 is 1.88 bits per heavy atom. The van der Waals surface area contributed by atoms with E-state index in [0.717, 1.165) is 19.3 Å². The maximum absolute atomic E-state index is 12.6. The second kappa shape index (κ2) is 8.60. The summed E-state index contributed by atoms with van der Waals surface area (Å²) in [7, 11) is 0. The third kappa shape index (κ3) is 4.80. The van der Waals surface area contributed by atoms with Crippen LogP contribution in [0.25, 0.3) is 0 Å². The van der Waals surface area contributed by atoms with Gasteiger partial charge in [-0.25, -0.2) is 4.98 Å². The number of alkyl halides is 3. The number of aromatic amines is 1. The molecular formula is C15H23Cl2F3N4O. The summed E-state index contributed by atoms with van der Waals surface area (Å²) in [4.78, 5) is 20.5. The molecule has 3 heterocycles. The van der Waals surface area contributed by atoms with Crippen molar-refractivity contribution >= 4 is 30.7 Å². The van der Waals surface area contributed by atoms with Gasteiger partial charge in [-0.3, -0.25) is 4.79 Å². The van der Waals surface area contributed by atoms with Crippen molar-refractivity contribution < 1.29 is 18.0 Å². The van der Waals surface area contributed by atoms with E-state index >= 15 is 0 Å². The van der Waals surface area contributed by atoms with Crippen molar-refractivity contribution in [1.29, 1.82) is 0 Å². The van der Waals surface area contributed by atoms with Gasteiger partial charge >= 0.3 is 6.18 Å². The Morgan fingerprint density at radius 3 is 2.32 bits per heavy atom. The summed E-state index contributed by atoms with van der Waals surface area (Å²) in [6.45, 7) is 4.89. The molecule has 1 unspecified atom stereocenters. The minimum absolute atomic E-state index is 0. The number of nitrogens with one attached hydrogen (secondary N) is 2. The highest BCUT2D eigenvalue weighted by atomic mass is 35.5. The lowest BCUT2D eigenvalue weighted by Gasteiger charge is -2.37. The van der Waals surface area contributed by atoms with Gasteiger partial charge in [-0.05, 0) is 31.8 Å². The number of piperidine rings is 1. The minimum atomic E-state index is -4.39. The summed E-state index contributed by atoms with van der Waals surface area (Å²) in [5, 5.41) is 3.17. The second-order valence-electron chi connectivity index (χ2n) is 6.49. The van der Waals surface area contributed by atoms with E-state index in [4.69, 9.17) is 0 Å². The van der Waals surface area contributed by atoms with Crippen LogP contribution in [0, 0.1) is 11.8 Å². The minimum Gasteiger partial charge on any atom is -0.342 e. The number of imidazole rings is 1. The van der Waals surface area contributed by atoms with Gasteiger partial charge in [0, 0.05) is 24.9 Å². The molecule has 2 aliphatic rings. The highest BCUT2D eigenvalue weighted by Gasteiger charge is 2.36. The first kappa shape index (κ1) is 22.1. The molecule has 2 fully saturated rings. The van der Waals surface area contributed by atoms with Gasteiger partial charge in [-0.15, -0.1) is 24.8 Å². The van der Waals surface area contributed by atoms with Gasteiger partial charge in [0.1, 0.15) is 11.5 Å². The summed E-state index contributed by atoms with van der Waals surface area (Å²) < 4.78 is 37.8. The summed E-state index contributed by atoms with van der Waals surface area (Å²) >= 11 is 0. The van der Waals surface area contributed by atoms with Crippen LogP contribution in [0.2, 0.25) is 0 Å². The van der Waals surface area contributed by atoms with Crippen molar-refractivity contribution in [1.82, 2.24) is 20.2 Å². The maximum atomic E-state index is 12.6. The first-order valence-electron chi connectivity index (χ1n) is 7.98. The molecule has 0 radical (unpaired) electrons. The Labute approximate surface area is 157 Å². The number of hydrogen-bond acceptors (Lipinski definition) is 3. The van der Waals surface area contributed by atoms with Crippen LogP contribution in [0.3, 0.4) is 0 Å². The van der Waals surface area contributed by atoms with Crippen LogP contribution in [0.15, 0.2) is 6.20 Å². The van der Waals surface area contributed by atoms with Crippen LogP contribution in [-0.4, -0.2) is 47.0 Å². The van der Waals surface area contributed by atoms with Crippen LogP contribution >= 0.6 is 24.8 Å². The Hall–Kier alpha value is -0.990. The number of rotatable bonds is 3. The molecule has 5 nitrogen and oxygen atoms in total. The van der Waals surface area contributed by atoms with E-state index in [-0.39, 0.29) is 42.6 Å². The smallest absolute Gasteiger partial charge is 0.342 e. The first-order valence-corrected chi connectivity index (χ1v) is 7.98. The fourth-order valence-corrected chi connectivity index (χ4v) is 3.22. The summed E-state index contributed by atoms with van der Waals surface area (Å²) in [5.41, 5.74) is -0.808. The molecule has 0 aromatic carbocycles. The zero-order chi connectivity index (χ0) is 16.6. The van der Waals surface area contributed by atoms with Crippen LogP contribution < -0.4 is 5.32 Å².